The van der Waals surface area contributed by atoms with Crippen LogP contribution in [0.4, 0.5) is 5.69 Å². The van der Waals surface area contributed by atoms with Crippen LogP contribution in [-0.4, -0.2) is 55.3 Å². The van der Waals surface area contributed by atoms with Crippen molar-refractivity contribution < 1.29 is 14.6 Å². The van der Waals surface area contributed by atoms with Crippen molar-refractivity contribution in [3.8, 4) is 0 Å². The Bertz CT molecular complexity index is 1060. The number of aliphatic hydroxyl groups excluding tert-OH is 1. The molecule has 0 atom stereocenters. The second-order valence-electron chi connectivity index (χ2n) is 10.2. The number of amides is 1. The molecule has 6 heteroatoms. The van der Waals surface area contributed by atoms with Gasteiger partial charge in [0.15, 0.2) is 0 Å². The molecule has 1 fully saturated rings. The fourth-order valence-electron chi connectivity index (χ4n) is 5.53. The van der Waals surface area contributed by atoms with E-state index in [9.17, 15) is 0 Å². The molecule has 1 spiro atoms. The number of anilines is 1. The number of primary amides is 1. The number of piperidine rings is 1. The third-order valence-corrected chi connectivity index (χ3v) is 7.82. The number of nitrogens with zero attached hydrogens (tertiary/aromatic N) is 2. The van der Waals surface area contributed by atoms with Crippen LogP contribution in [0.3, 0.4) is 0 Å². The molecule has 206 valence electrons. The summed E-state index contributed by atoms with van der Waals surface area (Å²) in [7, 11) is 1.00. The second-order valence-corrected chi connectivity index (χ2v) is 10.2. The molecule has 1 aromatic carbocycles. The molecule has 4 aliphatic rings. The molecule has 0 radical (unpaired) electrons. The zero-order valence-corrected chi connectivity index (χ0v) is 23.4. The first-order valence-corrected chi connectivity index (χ1v) is 13.9. The largest absolute Gasteiger partial charge is 0.485 e. The number of rotatable bonds is 4. The summed E-state index contributed by atoms with van der Waals surface area (Å²) in [4.78, 5) is 13.7. The number of nitrogens with two attached hydrogens (primary N) is 1. The summed E-state index contributed by atoms with van der Waals surface area (Å²) in [5, 5.41) is 7.00. The number of ether oxygens (including phenoxy) is 1. The van der Waals surface area contributed by atoms with Gasteiger partial charge in [-0.3, -0.25) is 4.79 Å². The molecule has 1 aromatic rings. The van der Waals surface area contributed by atoms with Crippen LogP contribution < -0.4 is 10.6 Å². The maximum absolute atomic E-state index is 8.58. The van der Waals surface area contributed by atoms with Gasteiger partial charge in [0.1, 0.15) is 11.4 Å². The van der Waals surface area contributed by atoms with Gasteiger partial charge in [0.05, 0.1) is 5.70 Å². The average molecular weight is 520 g/mol. The smallest absolute Gasteiger partial charge is 0.204 e. The first-order chi connectivity index (χ1) is 18.6. The maximum atomic E-state index is 8.58. The highest BCUT2D eigenvalue weighted by atomic mass is 16.5. The Morgan fingerprint density at radius 2 is 1.58 bits per heavy atom. The molecule has 38 heavy (non-hydrogen) atoms. The van der Waals surface area contributed by atoms with Gasteiger partial charge in [0, 0.05) is 58.2 Å². The topological polar surface area (TPSA) is 79.0 Å². The molecule has 2 aliphatic carbocycles. The summed E-state index contributed by atoms with van der Waals surface area (Å²) >= 11 is 0. The molecule has 3 N–H and O–H groups in total. The molecule has 0 aromatic heterocycles. The van der Waals surface area contributed by atoms with Crippen LogP contribution in [0, 0.1) is 6.92 Å². The lowest BCUT2D eigenvalue weighted by atomic mass is 9.87. The Morgan fingerprint density at radius 1 is 0.974 bits per heavy atom. The van der Waals surface area contributed by atoms with Crippen LogP contribution in [0.1, 0.15) is 57.4 Å². The summed E-state index contributed by atoms with van der Waals surface area (Å²) in [6.45, 7) is 8.60. The van der Waals surface area contributed by atoms with E-state index in [0.29, 0.717) is 0 Å². The predicted octanol–water partition coefficient (Wildman–Crippen LogP) is 5.55. The minimum atomic E-state index is -0.0602. The molecule has 1 saturated heterocycles. The van der Waals surface area contributed by atoms with E-state index in [1.807, 2.05) is 0 Å². The van der Waals surface area contributed by atoms with E-state index in [1.165, 1.54) is 36.2 Å². The highest BCUT2D eigenvalue weighted by Gasteiger charge is 2.40. The number of hydrogen-bond donors (Lipinski definition) is 2. The molecular weight excluding hydrogens is 474 g/mol. The number of aliphatic hydroxyl groups is 1. The van der Waals surface area contributed by atoms with Crippen LogP contribution in [0.2, 0.25) is 0 Å². The van der Waals surface area contributed by atoms with Crippen molar-refractivity contribution in [2.75, 3.05) is 38.2 Å². The van der Waals surface area contributed by atoms with Gasteiger partial charge in [0.25, 0.3) is 0 Å². The summed E-state index contributed by atoms with van der Waals surface area (Å²) in [5.74, 6) is 1.08. The van der Waals surface area contributed by atoms with Crippen LogP contribution in [0.25, 0.3) is 0 Å². The van der Waals surface area contributed by atoms with E-state index >= 15 is 0 Å². The Kier molecular flexibility index (Phi) is 11.3. The minimum Gasteiger partial charge on any atom is -0.485 e. The van der Waals surface area contributed by atoms with Crippen molar-refractivity contribution >= 4 is 12.1 Å². The lowest BCUT2D eigenvalue weighted by Gasteiger charge is -2.42. The van der Waals surface area contributed by atoms with Crippen molar-refractivity contribution in [3.05, 3.63) is 88.9 Å². The standard InChI is InChI=1S/C30H38N2O.CH3NO.CH4O/c1-3-25-11-13-26(14-12-25)23-32-22-19-30(33-29-8-6-4-5-7-28(29)32)17-20-31(21-18-30)27-15-9-24(2)10-16-27;2-1-3;1-2/h5-11,13,15-16H,3-4,12,14,17-23H2,1-2H3;1H,(H2,2,3);2H,1H3. The van der Waals surface area contributed by atoms with Gasteiger partial charge < -0.3 is 25.4 Å². The van der Waals surface area contributed by atoms with Gasteiger partial charge in [-0.1, -0.05) is 60.1 Å². The third kappa shape index (κ3) is 7.64. The Balaban J connectivity index is 0.000000748. The Labute approximate surface area is 228 Å². The van der Waals surface area contributed by atoms with E-state index in [-0.39, 0.29) is 12.0 Å². The van der Waals surface area contributed by atoms with Gasteiger partial charge in [0.2, 0.25) is 6.41 Å². The van der Waals surface area contributed by atoms with Crippen molar-refractivity contribution in [1.29, 1.82) is 0 Å². The van der Waals surface area contributed by atoms with Crippen molar-refractivity contribution in [3.63, 3.8) is 0 Å². The summed E-state index contributed by atoms with van der Waals surface area (Å²) in [6, 6.07) is 8.97. The predicted molar refractivity (Wildman–Crippen MR) is 157 cm³/mol. The van der Waals surface area contributed by atoms with E-state index in [1.54, 1.807) is 11.1 Å². The first-order valence-electron chi connectivity index (χ1n) is 13.9. The highest BCUT2D eigenvalue weighted by molar-refractivity contribution is 5.48. The van der Waals surface area contributed by atoms with Crippen molar-refractivity contribution in [1.82, 2.24) is 4.90 Å². The van der Waals surface area contributed by atoms with Gasteiger partial charge >= 0.3 is 0 Å². The zero-order valence-electron chi connectivity index (χ0n) is 23.4. The highest BCUT2D eigenvalue weighted by Crippen LogP contribution is 2.39. The lowest BCUT2D eigenvalue weighted by Crippen LogP contribution is -2.46. The molecule has 2 heterocycles. The van der Waals surface area contributed by atoms with E-state index in [2.05, 4.69) is 90.1 Å². The monoisotopic (exact) mass is 519 g/mol. The lowest BCUT2D eigenvalue weighted by molar-refractivity contribution is -0.106. The molecule has 1 amide bonds. The molecule has 2 aliphatic heterocycles. The zero-order chi connectivity index (χ0) is 27.4. The van der Waals surface area contributed by atoms with Crippen molar-refractivity contribution in [2.24, 2.45) is 5.73 Å². The summed E-state index contributed by atoms with van der Waals surface area (Å²) in [6.07, 6.45) is 21.8. The third-order valence-electron chi connectivity index (χ3n) is 7.82. The van der Waals surface area contributed by atoms with Crippen molar-refractivity contribution in [2.45, 2.75) is 64.4 Å². The normalized spacial score (nSPS) is 19.9. The van der Waals surface area contributed by atoms with Crippen LogP contribution in [0.15, 0.2) is 83.3 Å². The van der Waals surface area contributed by atoms with Gasteiger partial charge in [-0.2, -0.15) is 0 Å². The molecule has 0 saturated carbocycles. The SMILES string of the molecule is CCC1=CC=C(CN2CCC3(CCN(c4ccc(C)cc4)CC3)OC3=C2C=CCC=C3)CC1.CO.NC=O. The van der Waals surface area contributed by atoms with Gasteiger partial charge in [-0.15, -0.1) is 0 Å². The molecule has 0 unspecified atom stereocenters. The van der Waals surface area contributed by atoms with Gasteiger partial charge in [-0.05, 0) is 56.9 Å². The van der Waals surface area contributed by atoms with Crippen LogP contribution >= 0.6 is 0 Å². The Hall–Kier alpha value is -3.25. The Morgan fingerprint density at radius 3 is 2.21 bits per heavy atom. The fourth-order valence-corrected chi connectivity index (χ4v) is 5.53. The summed E-state index contributed by atoms with van der Waals surface area (Å²) < 4.78 is 6.92. The first kappa shape index (κ1) is 29.3. The number of allylic oxidation sites excluding steroid dienone is 7. The number of carbonyl (C=O) groups is 1. The molecule has 0 bridgehead atoms. The fraction of sp³-hybridized carbons (Fsp3) is 0.469. The summed E-state index contributed by atoms with van der Waals surface area (Å²) in [5.41, 5.74) is 11.2. The molecular formula is C32H45N3O3. The number of carbonyl (C=O) groups excluding carboxylic acids is 1. The van der Waals surface area contributed by atoms with E-state index in [0.717, 1.165) is 64.7 Å². The van der Waals surface area contributed by atoms with E-state index in [4.69, 9.17) is 14.6 Å². The second kappa shape index (κ2) is 14.6. The van der Waals surface area contributed by atoms with Gasteiger partial charge in [-0.25, -0.2) is 0 Å². The number of benzene rings is 1. The average Bonchev–Trinajstić information content (AvgIpc) is 3.26. The molecule has 6 nitrogen and oxygen atoms in total. The van der Waals surface area contributed by atoms with Crippen LogP contribution in [0.5, 0.6) is 0 Å². The maximum Gasteiger partial charge on any atom is 0.204 e. The van der Waals surface area contributed by atoms with E-state index < -0.39 is 0 Å². The molecule has 5 rings (SSSR count). The minimum absolute atomic E-state index is 0.0602. The number of aryl methyl sites for hydroxylation is 1. The quantitative estimate of drug-likeness (QED) is 0.510. The number of hydrogen-bond acceptors (Lipinski definition) is 5. The van der Waals surface area contributed by atoms with Crippen LogP contribution in [-0.2, 0) is 9.53 Å².